The van der Waals surface area contributed by atoms with Crippen LogP contribution in [-0.2, 0) is 63.6 Å². The third kappa shape index (κ3) is 8.22. The topological polar surface area (TPSA) is 253 Å². The number of Topliss-reactive ketones (excluding diaryl/α,β-unsaturated/α-hetero) is 1. The number of aromatic hydroxyl groups is 2. The molecule has 10 atom stereocenters. The number of morpholine rings is 1. The zero-order chi connectivity index (χ0) is 45.9. The number of hydrogen-bond acceptors (Lipinski definition) is 19. The fourth-order valence-electron chi connectivity index (χ4n) is 10.5. The monoisotopic (exact) mass is 908 g/mol. The number of rotatable bonds is 13. The molecule has 7 aliphatic rings. The molecular formula is C45H52N2O18. The quantitative estimate of drug-likeness (QED) is 0.164. The van der Waals surface area contributed by atoms with Crippen molar-refractivity contribution in [2.75, 3.05) is 47.2 Å². The van der Waals surface area contributed by atoms with Crippen molar-refractivity contribution in [1.29, 1.82) is 0 Å². The number of ether oxygens (including phenoxy) is 8. The van der Waals surface area contributed by atoms with Gasteiger partial charge in [0.2, 0.25) is 5.78 Å². The number of phenols is 2. The normalized spacial score (nSPS) is 32.1. The third-order valence-electron chi connectivity index (χ3n) is 13.6. The number of benzene rings is 2. The van der Waals surface area contributed by atoms with Gasteiger partial charge in [-0.3, -0.25) is 28.9 Å². The van der Waals surface area contributed by atoms with E-state index in [2.05, 4.69) is 4.90 Å². The smallest absolute Gasteiger partial charge is 0.358 e. The minimum Gasteiger partial charge on any atom is -0.507 e. The standard InChI is InChI=1S/C45H52N2O18/c1-21-14-23(15-26-42(21)64-43-44(58-3)60-13-12-46(26)43)62-28-17-45(56,16-25-35(28)41(55)37-36(39(25)53)38(52)24-7-5-8-27(57-2)34(24)40(37)54)29(48)19-61-33-9-4-6-22(63-33)18-59-20-32(51)65-47-30(49)10-11-31(47)50/h5,7-8,21-23,26,28,33,42-44,53,55-56H,4,6,9-20H2,1-3H3/t21-,22?,23-,26+,28+,33?,42-,43-,44+,45+/m1/s1. The number of nitrogens with zero attached hydrogens (tertiary/aromatic N) is 2. The molecule has 3 N–H and O–H groups in total. The zero-order valence-electron chi connectivity index (χ0n) is 36.2. The first-order valence-electron chi connectivity index (χ1n) is 22.0. The minimum absolute atomic E-state index is 0.0127. The Hall–Kier alpha value is -4.90. The maximum atomic E-state index is 14.2. The molecule has 20 heteroatoms. The first-order valence-corrected chi connectivity index (χ1v) is 22.0. The van der Waals surface area contributed by atoms with E-state index in [1.807, 2.05) is 6.92 Å². The van der Waals surface area contributed by atoms with Crippen LogP contribution >= 0.6 is 0 Å². The first-order chi connectivity index (χ1) is 31.2. The Morgan fingerprint density at radius 1 is 0.938 bits per heavy atom. The van der Waals surface area contributed by atoms with Gasteiger partial charge in [0.15, 0.2) is 30.4 Å². The van der Waals surface area contributed by atoms with Gasteiger partial charge in [0, 0.05) is 62.1 Å². The molecule has 9 rings (SSSR count). The number of hydroxylamine groups is 2. The van der Waals surface area contributed by atoms with Crippen LogP contribution in [-0.4, -0.2) is 156 Å². The van der Waals surface area contributed by atoms with E-state index in [9.17, 15) is 44.1 Å². The summed E-state index contributed by atoms with van der Waals surface area (Å²) in [7, 11) is 2.90. The van der Waals surface area contributed by atoms with Crippen molar-refractivity contribution in [3.8, 4) is 17.2 Å². The predicted octanol–water partition coefficient (Wildman–Crippen LogP) is 1.92. The number of fused-ring (bicyclic) bond motifs is 6. The second-order valence-corrected chi connectivity index (χ2v) is 17.7. The van der Waals surface area contributed by atoms with Crippen LogP contribution in [0.15, 0.2) is 18.2 Å². The van der Waals surface area contributed by atoms with Gasteiger partial charge in [0.05, 0.1) is 61.4 Å². The summed E-state index contributed by atoms with van der Waals surface area (Å²) in [5, 5.41) is 37.0. The number of methoxy groups -OCH3 is 2. The third-order valence-corrected chi connectivity index (χ3v) is 13.6. The number of imide groups is 1. The highest BCUT2D eigenvalue weighted by Gasteiger charge is 2.55. The van der Waals surface area contributed by atoms with Gasteiger partial charge >= 0.3 is 5.97 Å². The summed E-state index contributed by atoms with van der Waals surface area (Å²) in [4.78, 5) is 85.3. The maximum absolute atomic E-state index is 14.2. The van der Waals surface area contributed by atoms with Crippen molar-refractivity contribution in [2.24, 2.45) is 5.92 Å². The molecule has 2 unspecified atom stereocenters. The molecule has 5 fully saturated rings. The first kappa shape index (κ1) is 45.3. The maximum Gasteiger partial charge on any atom is 0.358 e. The Morgan fingerprint density at radius 2 is 1.71 bits per heavy atom. The van der Waals surface area contributed by atoms with Crippen LogP contribution in [0, 0.1) is 5.92 Å². The van der Waals surface area contributed by atoms with Crippen LogP contribution < -0.4 is 4.74 Å². The molecule has 2 aromatic rings. The van der Waals surface area contributed by atoms with Crippen molar-refractivity contribution in [1.82, 2.24) is 9.96 Å². The van der Waals surface area contributed by atoms with Crippen LogP contribution in [0.2, 0.25) is 0 Å². The summed E-state index contributed by atoms with van der Waals surface area (Å²) < 4.78 is 47.4. The van der Waals surface area contributed by atoms with Crippen LogP contribution in [0.1, 0.15) is 107 Å². The van der Waals surface area contributed by atoms with Gasteiger partial charge in [0.25, 0.3) is 11.8 Å². The summed E-state index contributed by atoms with van der Waals surface area (Å²) in [5.41, 5.74) is -3.40. The second-order valence-electron chi connectivity index (χ2n) is 17.7. The zero-order valence-corrected chi connectivity index (χ0v) is 36.2. The molecule has 4 heterocycles. The molecule has 3 aliphatic carbocycles. The summed E-state index contributed by atoms with van der Waals surface area (Å²) in [6.45, 7) is 1.80. The average Bonchev–Trinajstić information content (AvgIpc) is 3.83. The molecule has 4 saturated heterocycles. The number of carbonyl (C=O) groups excluding carboxylic acids is 6. The predicted molar refractivity (Wildman–Crippen MR) is 216 cm³/mol. The molecule has 0 spiro atoms. The minimum atomic E-state index is -2.26. The van der Waals surface area contributed by atoms with Gasteiger partial charge in [-0.25, -0.2) is 4.79 Å². The molecular weight excluding hydrogens is 856 g/mol. The lowest BCUT2D eigenvalue weighted by Gasteiger charge is -2.43. The fraction of sp³-hybridized carbons (Fsp3) is 0.600. The Kier molecular flexibility index (Phi) is 12.6. The van der Waals surface area contributed by atoms with Gasteiger partial charge in [0.1, 0.15) is 36.1 Å². The Balaban J connectivity index is 0.943. The van der Waals surface area contributed by atoms with Crippen molar-refractivity contribution in [3.63, 3.8) is 0 Å². The number of amides is 2. The molecule has 0 aromatic heterocycles. The molecule has 20 nitrogen and oxygen atoms in total. The number of ketones is 3. The largest absolute Gasteiger partial charge is 0.507 e. The van der Waals surface area contributed by atoms with E-state index in [0.29, 0.717) is 50.3 Å². The van der Waals surface area contributed by atoms with Crippen LogP contribution in [0.4, 0.5) is 0 Å². The molecule has 1 saturated carbocycles. The summed E-state index contributed by atoms with van der Waals surface area (Å²) in [5.74, 6) is -5.65. The number of phenolic OH excluding ortho intramolecular Hbond substituents is 2. The van der Waals surface area contributed by atoms with Crippen LogP contribution in [0.5, 0.6) is 17.2 Å². The lowest BCUT2D eigenvalue weighted by Crippen LogP contribution is -2.54. The lowest BCUT2D eigenvalue weighted by molar-refractivity contribution is -0.245. The van der Waals surface area contributed by atoms with E-state index in [4.69, 9.17) is 42.7 Å². The molecule has 0 bridgehead atoms. The second kappa shape index (κ2) is 18.1. The van der Waals surface area contributed by atoms with Crippen molar-refractivity contribution >= 4 is 35.1 Å². The lowest BCUT2D eigenvalue weighted by atomic mass is 9.71. The van der Waals surface area contributed by atoms with Gasteiger partial charge < -0.3 is 58.1 Å². The number of hydrogen-bond donors (Lipinski definition) is 3. The molecule has 350 valence electrons. The van der Waals surface area contributed by atoms with Crippen LogP contribution in [0.25, 0.3) is 0 Å². The van der Waals surface area contributed by atoms with Crippen molar-refractivity contribution in [2.45, 2.75) is 120 Å². The highest BCUT2D eigenvalue weighted by molar-refractivity contribution is 6.31. The number of aliphatic hydroxyl groups is 1. The van der Waals surface area contributed by atoms with E-state index in [-0.39, 0.29) is 65.5 Å². The molecule has 2 aromatic carbocycles. The summed E-state index contributed by atoms with van der Waals surface area (Å²) >= 11 is 0. The molecule has 2 amide bonds. The Bertz CT molecular complexity index is 2270. The molecule has 0 radical (unpaired) electrons. The van der Waals surface area contributed by atoms with Crippen LogP contribution in [0.3, 0.4) is 0 Å². The van der Waals surface area contributed by atoms with E-state index in [0.717, 1.165) is 0 Å². The molecule has 4 aliphatic heterocycles. The van der Waals surface area contributed by atoms with Gasteiger partial charge in [-0.05, 0) is 44.1 Å². The Morgan fingerprint density at radius 3 is 2.46 bits per heavy atom. The van der Waals surface area contributed by atoms with Gasteiger partial charge in [-0.1, -0.05) is 19.1 Å². The average molecular weight is 909 g/mol. The van der Waals surface area contributed by atoms with Crippen molar-refractivity contribution < 1.29 is 86.8 Å². The highest BCUT2D eigenvalue weighted by Crippen LogP contribution is 2.53. The van der Waals surface area contributed by atoms with E-state index < -0.39 is 127 Å². The van der Waals surface area contributed by atoms with E-state index in [1.54, 1.807) is 7.11 Å². The van der Waals surface area contributed by atoms with E-state index in [1.165, 1.54) is 25.3 Å². The summed E-state index contributed by atoms with van der Waals surface area (Å²) in [6.07, 6.45) is -2.97. The molecule has 65 heavy (non-hydrogen) atoms. The van der Waals surface area contributed by atoms with Gasteiger partial charge in [-0.2, -0.15) is 0 Å². The fourth-order valence-corrected chi connectivity index (χ4v) is 10.5. The summed E-state index contributed by atoms with van der Waals surface area (Å²) in [6, 6.07) is 4.35. The SMILES string of the molecule is COc1cccc2c1C(=O)c1c(O)c3c(c(O)c1C2=O)C[C@@](O)(C(=O)COC1CCCC(COCC(=O)ON2C(=O)CCC2=O)O1)C[C@@H]3O[C@@H]1C[C@@H](C)[C@H]2O[C@@H]3[C@@H](OC)OCCN3[C@H]2C1. The number of carbonyl (C=O) groups is 6. The van der Waals surface area contributed by atoms with E-state index >= 15 is 0 Å². The highest BCUT2D eigenvalue weighted by atomic mass is 16.7. The Labute approximate surface area is 372 Å². The van der Waals surface area contributed by atoms with Gasteiger partial charge in [-0.15, -0.1) is 5.06 Å². The van der Waals surface area contributed by atoms with Crippen molar-refractivity contribution in [3.05, 3.63) is 51.6 Å².